The molecule has 1 aliphatic carbocycles. The number of hydrogen-bond acceptors (Lipinski definition) is 5. The number of ether oxygens (including phenoxy) is 1. The normalized spacial score (nSPS) is 13.0. The minimum Gasteiger partial charge on any atom is -0.462 e. The van der Waals surface area contributed by atoms with Crippen LogP contribution in [0.15, 0.2) is 24.0 Å². The Balaban J connectivity index is 0.00000127. The predicted molar refractivity (Wildman–Crippen MR) is 85.1 cm³/mol. The standard InChI is InChI=1S/C14H13N3O4.C2H6/c1-2-21-14(18)11-8-16-12(7-15)13(11)9-3-5-10(6-4-9)17(19)20;1-2/h3,5,8,16H,2,4,6H2,1H3;1-2H3. The molecule has 7 nitrogen and oxygen atoms in total. The van der Waals surface area contributed by atoms with Crippen LogP contribution in [0.2, 0.25) is 0 Å². The van der Waals surface area contributed by atoms with Crippen LogP contribution in [0.4, 0.5) is 0 Å². The lowest BCUT2D eigenvalue weighted by Gasteiger charge is -2.11. The number of nitrogens with zero attached hydrogens (tertiary/aromatic N) is 2. The third kappa shape index (κ3) is 4.07. The van der Waals surface area contributed by atoms with Crippen LogP contribution in [0.1, 0.15) is 55.2 Å². The van der Waals surface area contributed by atoms with E-state index in [4.69, 9.17) is 10.00 Å². The van der Waals surface area contributed by atoms with Crippen molar-refractivity contribution in [2.24, 2.45) is 0 Å². The van der Waals surface area contributed by atoms with Crippen LogP contribution in [-0.4, -0.2) is 22.5 Å². The SMILES string of the molecule is CC.CCOC(=O)c1c[nH]c(C#N)c1C1=CC=C([N+](=O)[O-])CC1. The van der Waals surface area contributed by atoms with Crippen molar-refractivity contribution < 1.29 is 14.5 Å². The van der Waals surface area contributed by atoms with Crippen molar-refractivity contribution in [2.45, 2.75) is 33.6 Å². The molecule has 0 aromatic carbocycles. The molecule has 0 amide bonds. The monoisotopic (exact) mass is 317 g/mol. The highest BCUT2D eigenvalue weighted by atomic mass is 16.6. The number of carbonyl (C=O) groups excluding carboxylic acids is 1. The minimum absolute atomic E-state index is 0.116. The molecule has 1 aromatic heterocycles. The number of rotatable bonds is 4. The van der Waals surface area contributed by atoms with Crippen molar-refractivity contribution in [3.63, 3.8) is 0 Å². The van der Waals surface area contributed by atoms with Crippen molar-refractivity contribution in [3.05, 3.63) is 51.0 Å². The number of allylic oxidation sites excluding steroid dienone is 4. The zero-order valence-corrected chi connectivity index (χ0v) is 13.4. The molecule has 1 heterocycles. The minimum atomic E-state index is -0.518. The Labute approximate surface area is 134 Å². The maximum Gasteiger partial charge on any atom is 0.340 e. The van der Waals surface area contributed by atoms with Gasteiger partial charge in [-0.15, -0.1) is 0 Å². The summed E-state index contributed by atoms with van der Waals surface area (Å²) in [5, 5.41) is 19.8. The van der Waals surface area contributed by atoms with Gasteiger partial charge in [0.25, 0.3) is 0 Å². The van der Waals surface area contributed by atoms with Gasteiger partial charge in [-0.05, 0) is 18.9 Å². The number of aromatic nitrogens is 1. The van der Waals surface area contributed by atoms with E-state index in [0.29, 0.717) is 17.6 Å². The Morgan fingerprint density at radius 2 is 2.13 bits per heavy atom. The number of nitro groups is 1. The van der Waals surface area contributed by atoms with Gasteiger partial charge in [-0.25, -0.2) is 4.79 Å². The number of hydrogen-bond donors (Lipinski definition) is 1. The van der Waals surface area contributed by atoms with Gasteiger partial charge in [0.15, 0.2) is 0 Å². The van der Waals surface area contributed by atoms with Crippen LogP contribution in [0.25, 0.3) is 5.57 Å². The van der Waals surface area contributed by atoms with E-state index in [0.717, 1.165) is 0 Å². The Hall–Kier alpha value is -2.88. The number of esters is 1. The summed E-state index contributed by atoms with van der Waals surface area (Å²) in [4.78, 5) is 24.9. The summed E-state index contributed by atoms with van der Waals surface area (Å²) in [6, 6.07) is 1.99. The molecule has 0 bridgehead atoms. The Bertz CT molecular complexity index is 693. The largest absolute Gasteiger partial charge is 0.462 e. The molecular weight excluding hydrogens is 298 g/mol. The molecular formula is C16H19N3O4. The average Bonchev–Trinajstić information content (AvgIpc) is 3.01. The van der Waals surface area contributed by atoms with E-state index < -0.39 is 10.9 Å². The summed E-state index contributed by atoms with van der Waals surface area (Å²) in [6.07, 6.45) is 5.07. The lowest BCUT2D eigenvalue weighted by Crippen LogP contribution is -2.08. The van der Waals surface area contributed by atoms with Gasteiger partial charge in [0.2, 0.25) is 5.70 Å². The van der Waals surface area contributed by atoms with Gasteiger partial charge in [-0.3, -0.25) is 10.1 Å². The number of nitrogens with one attached hydrogen (secondary N) is 1. The lowest BCUT2D eigenvalue weighted by atomic mass is 9.93. The predicted octanol–water partition coefficient (Wildman–Crippen LogP) is 3.43. The maximum atomic E-state index is 11.9. The van der Waals surface area contributed by atoms with E-state index in [2.05, 4.69) is 4.98 Å². The highest BCUT2D eigenvalue weighted by molar-refractivity contribution is 5.97. The molecule has 0 radical (unpaired) electrons. The van der Waals surface area contributed by atoms with Gasteiger partial charge in [-0.2, -0.15) is 5.26 Å². The summed E-state index contributed by atoms with van der Waals surface area (Å²) >= 11 is 0. The van der Waals surface area contributed by atoms with Crippen LogP contribution in [-0.2, 0) is 4.74 Å². The molecule has 0 fully saturated rings. The molecule has 0 saturated carbocycles. The highest BCUT2D eigenvalue weighted by Gasteiger charge is 2.24. The Morgan fingerprint density at radius 1 is 1.43 bits per heavy atom. The van der Waals surface area contributed by atoms with Crippen LogP contribution in [0, 0.1) is 21.4 Å². The molecule has 0 unspecified atom stereocenters. The van der Waals surface area contributed by atoms with E-state index in [-0.39, 0.29) is 30.0 Å². The second-order valence-electron chi connectivity index (χ2n) is 4.39. The Kier molecular flexibility index (Phi) is 6.74. The molecule has 122 valence electrons. The van der Waals surface area contributed by atoms with E-state index in [9.17, 15) is 14.9 Å². The lowest BCUT2D eigenvalue weighted by molar-refractivity contribution is -0.427. The van der Waals surface area contributed by atoms with Crippen molar-refractivity contribution in [3.8, 4) is 6.07 Å². The fraction of sp³-hybridized carbons (Fsp3) is 0.375. The first-order valence-electron chi connectivity index (χ1n) is 7.41. The molecule has 0 saturated heterocycles. The molecule has 1 N–H and O–H groups in total. The van der Waals surface area contributed by atoms with Gasteiger partial charge >= 0.3 is 5.97 Å². The molecule has 1 aliphatic rings. The first-order valence-corrected chi connectivity index (χ1v) is 7.41. The van der Waals surface area contributed by atoms with Crippen molar-refractivity contribution in [1.82, 2.24) is 4.98 Å². The van der Waals surface area contributed by atoms with Gasteiger partial charge < -0.3 is 9.72 Å². The summed E-state index contributed by atoms with van der Waals surface area (Å²) in [6.45, 7) is 5.93. The number of aromatic amines is 1. The number of H-pyrrole nitrogens is 1. The molecule has 0 spiro atoms. The van der Waals surface area contributed by atoms with Gasteiger partial charge in [-0.1, -0.05) is 19.9 Å². The average molecular weight is 317 g/mol. The molecule has 0 atom stereocenters. The fourth-order valence-electron chi connectivity index (χ4n) is 2.20. The first-order chi connectivity index (χ1) is 11.1. The molecule has 2 rings (SSSR count). The van der Waals surface area contributed by atoms with Crippen molar-refractivity contribution in [2.75, 3.05) is 6.61 Å². The zero-order valence-electron chi connectivity index (χ0n) is 13.4. The zero-order chi connectivity index (χ0) is 17.4. The molecule has 7 heteroatoms. The third-order valence-electron chi connectivity index (χ3n) is 3.17. The van der Waals surface area contributed by atoms with Gasteiger partial charge in [0.1, 0.15) is 11.8 Å². The van der Waals surface area contributed by atoms with E-state index in [1.54, 1.807) is 13.0 Å². The summed E-state index contributed by atoms with van der Waals surface area (Å²) in [5.74, 6) is -0.518. The summed E-state index contributed by atoms with van der Waals surface area (Å²) in [7, 11) is 0. The second-order valence-corrected chi connectivity index (χ2v) is 4.39. The van der Waals surface area contributed by atoms with E-state index in [1.165, 1.54) is 12.3 Å². The first kappa shape index (κ1) is 18.2. The fourth-order valence-corrected chi connectivity index (χ4v) is 2.20. The number of nitriles is 1. The quantitative estimate of drug-likeness (QED) is 0.520. The highest BCUT2D eigenvalue weighted by Crippen LogP contribution is 2.31. The molecule has 0 aliphatic heterocycles. The van der Waals surface area contributed by atoms with E-state index >= 15 is 0 Å². The van der Waals surface area contributed by atoms with Crippen LogP contribution in [0.3, 0.4) is 0 Å². The Morgan fingerprint density at radius 3 is 2.61 bits per heavy atom. The van der Waals surface area contributed by atoms with Crippen LogP contribution in [0.5, 0.6) is 0 Å². The smallest absolute Gasteiger partial charge is 0.340 e. The molecule has 23 heavy (non-hydrogen) atoms. The maximum absolute atomic E-state index is 11.9. The third-order valence-corrected chi connectivity index (χ3v) is 3.17. The summed E-state index contributed by atoms with van der Waals surface area (Å²) < 4.78 is 4.96. The van der Waals surface area contributed by atoms with E-state index in [1.807, 2.05) is 19.9 Å². The van der Waals surface area contributed by atoms with Crippen molar-refractivity contribution in [1.29, 1.82) is 5.26 Å². The van der Waals surface area contributed by atoms with Gasteiger partial charge in [0, 0.05) is 24.3 Å². The van der Waals surface area contributed by atoms with Crippen LogP contribution < -0.4 is 0 Å². The molecule has 1 aromatic rings. The summed E-state index contributed by atoms with van der Waals surface area (Å²) in [5.41, 5.74) is 1.82. The number of carbonyl (C=O) groups is 1. The second kappa shape index (κ2) is 8.54. The van der Waals surface area contributed by atoms with Gasteiger partial charge in [0.05, 0.1) is 17.1 Å². The topological polar surface area (TPSA) is 109 Å². The van der Waals surface area contributed by atoms with Crippen LogP contribution >= 0.6 is 0 Å². The van der Waals surface area contributed by atoms with Crippen molar-refractivity contribution >= 4 is 11.5 Å².